The van der Waals surface area contributed by atoms with Gasteiger partial charge in [0.05, 0.1) is 38.9 Å². The van der Waals surface area contributed by atoms with Crippen LogP contribution in [0.5, 0.6) is 0 Å². The molecule has 3 N–H and O–H groups in total. The number of carboxylic acid groups (broad SMARTS) is 1. The molecular formula is C20H39NO8P2. The maximum atomic E-state index is 12.2. The molecule has 1 aromatic rings. The first kappa shape index (κ1) is 32.1. The van der Waals surface area contributed by atoms with Crippen LogP contribution in [0.15, 0.2) is 30.3 Å². The molecule has 0 aliphatic heterocycles. The largest absolute Gasteiger partial charge is 0.481 e. The zero-order valence-corrected chi connectivity index (χ0v) is 21.1. The SMILES string of the molecule is CC(=O)O.CCOP(=O)(CCCc1ccccc1)OCC.CCOP(=O)(CN)OCC. The summed E-state index contributed by atoms with van der Waals surface area (Å²) in [6.07, 6.45) is 2.17. The molecule has 0 atom stereocenters. The van der Waals surface area contributed by atoms with Crippen LogP contribution < -0.4 is 5.73 Å². The lowest BCUT2D eigenvalue weighted by Crippen LogP contribution is -2.06. The molecule has 1 rings (SSSR count). The zero-order valence-electron chi connectivity index (χ0n) is 19.3. The number of aryl methyl sites for hydroxylation is 1. The molecule has 0 aromatic heterocycles. The van der Waals surface area contributed by atoms with Crippen LogP contribution in [0.1, 0.15) is 46.6 Å². The van der Waals surface area contributed by atoms with Crippen LogP contribution in [0.4, 0.5) is 0 Å². The number of benzene rings is 1. The number of aliphatic carboxylic acids is 1. The number of rotatable bonds is 13. The fourth-order valence-electron chi connectivity index (χ4n) is 2.22. The summed E-state index contributed by atoms with van der Waals surface area (Å²) in [7, 11) is -5.78. The normalized spacial score (nSPS) is 11.0. The van der Waals surface area contributed by atoms with Crippen LogP contribution in [0.25, 0.3) is 0 Å². The van der Waals surface area contributed by atoms with Crippen molar-refractivity contribution in [2.45, 2.75) is 47.5 Å². The highest BCUT2D eigenvalue weighted by atomic mass is 31.2. The monoisotopic (exact) mass is 483 g/mol. The molecule has 0 radical (unpaired) electrons. The van der Waals surface area contributed by atoms with E-state index in [1.165, 1.54) is 5.56 Å². The standard InChI is InChI=1S/C13H21O3P.C5H14NO3P.C2H4O2/c1-3-15-17(14,16-4-2)12-8-11-13-9-6-5-7-10-13;1-3-8-10(7,5-6)9-4-2;1-2(3)4/h5-7,9-10H,3-4,8,11-12H2,1-2H3;3-6H2,1-2H3;1H3,(H,3,4). The molecule has 0 heterocycles. The van der Waals surface area contributed by atoms with Gasteiger partial charge in [-0.3, -0.25) is 13.9 Å². The number of hydrogen-bond donors (Lipinski definition) is 2. The van der Waals surface area contributed by atoms with E-state index in [0.717, 1.165) is 19.8 Å². The lowest BCUT2D eigenvalue weighted by atomic mass is 10.1. The molecule has 9 nitrogen and oxygen atoms in total. The minimum Gasteiger partial charge on any atom is -0.481 e. The Bertz CT molecular complexity index is 634. The zero-order chi connectivity index (χ0) is 24.2. The van der Waals surface area contributed by atoms with E-state index >= 15 is 0 Å². The first-order valence-electron chi connectivity index (χ1n) is 10.3. The molecule has 31 heavy (non-hydrogen) atoms. The Kier molecular flexibility index (Phi) is 20.3. The van der Waals surface area contributed by atoms with Gasteiger partial charge in [0.1, 0.15) is 0 Å². The lowest BCUT2D eigenvalue weighted by molar-refractivity contribution is -0.134. The predicted octanol–water partition coefficient (Wildman–Crippen LogP) is 5.14. The van der Waals surface area contributed by atoms with Gasteiger partial charge in [0, 0.05) is 6.92 Å². The fraction of sp³-hybridized carbons (Fsp3) is 0.650. The molecule has 0 aliphatic carbocycles. The van der Waals surface area contributed by atoms with Crippen molar-refractivity contribution in [2.24, 2.45) is 5.73 Å². The minimum atomic E-state index is -2.92. The topological polar surface area (TPSA) is 134 Å². The van der Waals surface area contributed by atoms with Crippen molar-refractivity contribution < 1.29 is 37.1 Å². The third-order valence-electron chi connectivity index (χ3n) is 3.27. The van der Waals surface area contributed by atoms with E-state index in [1.807, 2.05) is 32.0 Å². The average Bonchev–Trinajstić information content (AvgIpc) is 2.70. The second-order valence-electron chi connectivity index (χ2n) is 5.91. The van der Waals surface area contributed by atoms with Gasteiger partial charge in [0.2, 0.25) is 0 Å². The predicted molar refractivity (Wildman–Crippen MR) is 124 cm³/mol. The van der Waals surface area contributed by atoms with Crippen LogP contribution in [0, 0.1) is 0 Å². The second-order valence-corrected chi connectivity index (χ2v) is 10.2. The number of hydrogen-bond acceptors (Lipinski definition) is 8. The maximum absolute atomic E-state index is 12.2. The van der Waals surface area contributed by atoms with Gasteiger partial charge in [-0.2, -0.15) is 0 Å². The van der Waals surface area contributed by atoms with E-state index in [9.17, 15) is 9.13 Å². The van der Waals surface area contributed by atoms with Crippen molar-refractivity contribution in [1.29, 1.82) is 0 Å². The van der Waals surface area contributed by atoms with Crippen molar-refractivity contribution in [3.05, 3.63) is 35.9 Å². The highest BCUT2D eigenvalue weighted by molar-refractivity contribution is 7.54. The van der Waals surface area contributed by atoms with E-state index in [0.29, 0.717) is 32.6 Å². The lowest BCUT2D eigenvalue weighted by Gasteiger charge is -2.16. The van der Waals surface area contributed by atoms with Crippen molar-refractivity contribution in [3.8, 4) is 0 Å². The summed E-state index contributed by atoms with van der Waals surface area (Å²) in [6.45, 7) is 9.86. The summed E-state index contributed by atoms with van der Waals surface area (Å²) in [4.78, 5) is 9.00. The van der Waals surface area contributed by atoms with E-state index < -0.39 is 21.2 Å². The Labute approximate surface area is 186 Å². The van der Waals surface area contributed by atoms with E-state index in [-0.39, 0.29) is 6.29 Å². The highest BCUT2D eigenvalue weighted by Gasteiger charge is 2.22. The molecule has 182 valence electrons. The van der Waals surface area contributed by atoms with E-state index in [2.05, 4.69) is 12.1 Å². The number of nitrogens with two attached hydrogens (primary N) is 1. The molecule has 0 saturated heterocycles. The van der Waals surface area contributed by atoms with Gasteiger partial charge in [-0.05, 0) is 46.1 Å². The minimum absolute atomic E-state index is 0.0469. The van der Waals surface area contributed by atoms with Crippen molar-refractivity contribution in [1.82, 2.24) is 0 Å². The summed E-state index contributed by atoms with van der Waals surface area (Å²) in [6, 6.07) is 10.2. The second kappa shape index (κ2) is 19.6. The quantitative estimate of drug-likeness (QED) is 0.365. The van der Waals surface area contributed by atoms with Crippen LogP contribution in [0.3, 0.4) is 0 Å². The molecule has 0 aliphatic rings. The molecular weight excluding hydrogens is 444 g/mol. The Balaban J connectivity index is 0. The smallest absolute Gasteiger partial charge is 0.344 e. The number of carbonyl (C=O) groups is 1. The molecule has 0 unspecified atom stereocenters. The van der Waals surface area contributed by atoms with Gasteiger partial charge in [-0.1, -0.05) is 30.3 Å². The average molecular weight is 483 g/mol. The van der Waals surface area contributed by atoms with Gasteiger partial charge in [-0.15, -0.1) is 0 Å². The van der Waals surface area contributed by atoms with Gasteiger partial charge < -0.3 is 28.9 Å². The Morgan fingerprint density at radius 3 is 1.61 bits per heavy atom. The van der Waals surface area contributed by atoms with Crippen LogP contribution in [-0.4, -0.2) is 50.0 Å². The summed E-state index contributed by atoms with van der Waals surface area (Å²) >= 11 is 0. The first-order chi connectivity index (χ1) is 14.6. The van der Waals surface area contributed by atoms with Crippen LogP contribution in [-0.2, 0) is 38.4 Å². The summed E-state index contributed by atoms with van der Waals surface area (Å²) < 4.78 is 43.5. The molecule has 0 amide bonds. The molecule has 0 bridgehead atoms. The molecule has 0 fully saturated rings. The summed E-state index contributed by atoms with van der Waals surface area (Å²) in [5, 5.41) is 7.42. The van der Waals surface area contributed by atoms with Crippen molar-refractivity contribution >= 4 is 21.2 Å². The molecule has 0 saturated carbocycles. The third kappa shape index (κ3) is 19.4. The van der Waals surface area contributed by atoms with Gasteiger partial charge in [-0.25, -0.2) is 0 Å². The van der Waals surface area contributed by atoms with Gasteiger partial charge in [0.15, 0.2) is 0 Å². The van der Waals surface area contributed by atoms with Crippen LogP contribution in [0.2, 0.25) is 0 Å². The Morgan fingerprint density at radius 1 is 0.871 bits per heavy atom. The highest BCUT2D eigenvalue weighted by Crippen LogP contribution is 2.48. The third-order valence-corrected chi connectivity index (χ3v) is 7.18. The van der Waals surface area contributed by atoms with E-state index in [4.69, 9.17) is 33.7 Å². The Morgan fingerprint density at radius 2 is 1.26 bits per heavy atom. The van der Waals surface area contributed by atoms with Crippen molar-refractivity contribution in [3.63, 3.8) is 0 Å². The van der Waals surface area contributed by atoms with Crippen molar-refractivity contribution in [2.75, 3.05) is 38.9 Å². The number of carboxylic acids is 1. The Hall–Kier alpha value is -1.05. The van der Waals surface area contributed by atoms with Gasteiger partial charge in [0.25, 0.3) is 5.97 Å². The van der Waals surface area contributed by atoms with Crippen LogP contribution >= 0.6 is 15.2 Å². The maximum Gasteiger partial charge on any atom is 0.344 e. The first-order valence-corrected chi connectivity index (χ1v) is 13.8. The van der Waals surface area contributed by atoms with Gasteiger partial charge >= 0.3 is 15.2 Å². The molecule has 1 aromatic carbocycles. The summed E-state index contributed by atoms with van der Waals surface area (Å²) in [5.41, 5.74) is 6.42. The van der Waals surface area contributed by atoms with E-state index in [1.54, 1.807) is 13.8 Å². The fourth-order valence-corrected chi connectivity index (χ4v) is 4.95. The molecule has 11 heteroatoms. The molecule has 0 spiro atoms. The summed E-state index contributed by atoms with van der Waals surface area (Å²) in [5.74, 6) is -0.833.